The summed E-state index contributed by atoms with van der Waals surface area (Å²) in [6.45, 7) is 1.98. The van der Waals surface area contributed by atoms with Crippen LogP contribution in [0.4, 0.5) is 5.69 Å². The van der Waals surface area contributed by atoms with E-state index in [-0.39, 0.29) is 11.6 Å². The fourth-order valence-electron chi connectivity index (χ4n) is 6.16. The molecule has 5 heteroatoms. The van der Waals surface area contributed by atoms with Gasteiger partial charge in [-0.05, 0) is 24.1 Å². The molecule has 6 rings (SSSR count). The number of ether oxygens (including phenoxy) is 1. The monoisotopic (exact) mass is 449 g/mol. The number of carbonyl (C=O) groups excluding carboxylic acids is 3. The number of carbonyl (C=O) groups is 3. The van der Waals surface area contributed by atoms with Crippen molar-refractivity contribution < 1.29 is 19.1 Å². The second kappa shape index (κ2) is 7.26. The third-order valence-corrected chi connectivity index (χ3v) is 7.59. The highest BCUT2D eigenvalue weighted by Crippen LogP contribution is 2.60. The van der Waals surface area contributed by atoms with Crippen LogP contribution in [-0.2, 0) is 9.53 Å². The molecule has 0 aromatic heterocycles. The Morgan fingerprint density at radius 2 is 1.50 bits per heavy atom. The largest absolute Gasteiger partial charge is 0.467 e. The minimum atomic E-state index is -1.47. The van der Waals surface area contributed by atoms with E-state index >= 15 is 0 Å². The third-order valence-electron chi connectivity index (χ3n) is 7.59. The standard InChI is InChI=1S/C29H23NO4/c1-17-11-13-19(14-12-17)24-25(28(33)34-2)30-22-10-6-3-7-18(22)15-16-23(30)29(24)26(31)20-8-4-5-9-21(20)27(29)32/h3-16,23-25H,1-2H3/t23?,24-,25+/m0/s1. The van der Waals surface area contributed by atoms with Gasteiger partial charge in [0.15, 0.2) is 11.6 Å². The third kappa shape index (κ3) is 2.47. The minimum absolute atomic E-state index is 0.232. The normalized spacial score (nSPS) is 23.6. The Balaban J connectivity index is 1.69. The van der Waals surface area contributed by atoms with Crippen LogP contribution >= 0.6 is 0 Å². The fourth-order valence-corrected chi connectivity index (χ4v) is 6.16. The van der Waals surface area contributed by atoms with Gasteiger partial charge < -0.3 is 9.64 Å². The molecule has 0 bridgehead atoms. The first kappa shape index (κ1) is 20.6. The number of ketones is 2. The van der Waals surface area contributed by atoms with E-state index in [0.717, 1.165) is 22.4 Å². The summed E-state index contributed by atoms with van der Waals surface area (Å²) in [5.74, 6) is -1.64. The van der Waals surface area contributed by atoms with Crippen molar-refractivity contribution in [3.05, 3.63) is 107 Å². The maximum atomic E-state index is 14.3. The molecule has 168 valence electrons. The van der Waals surface area contributed by atoms with Crippen LogP contribution in [-0.4, -0.2) is 36.7 Å². The molecule has 1 fully saturated rings. The van der Waals surface area contributed by atoms with Gasteiger partial charge in [0.05, 0.1) is 13.2 Å². The van der Waals surface area contributed by atoms with Gasteiger partial charge in [0, 0.05) is 22.7 Å². The van der Waals surface area contributed by atoms with Gasteiger partial charge in [0.1, 0.15) is 11.5 Å². The van der Waals surface area contributed by atoms with Gasteiger partial charge >= 0.3 is 5.97 Å². The number of nitrogens with zero attached hydrogens (tertiary/aromatic N) is 1. The molecule has 0 amide bonds. The van der Waals surface area contributed by atoms with Crippen molar-refractivity contribution in [3.63, 3.8) is 0 Å². The van der Waals surface area contributed by atoms with Crippen LogP contribution in [0.3, 0.4) is 0 Å². The maximum absolute atomic E-state index is 14.3. The van der Waals surface area contributed by atoms with Crippen LogP contribution < -0.4 is 4.90 Å². The Morgan fingerprint density at radius 3 is 2.15 bits per heavy atom. The molecular weight excluding hydrogens is 426 g/mol. The van der Waals surface area contributed by atoms with Gasteiger partial charge in [0.25, 0.3) is 0 Å². The molecule has 2 heterocycles. The molecule has 1 aliphatic carbocycles. The molecule has 0 radical (unpaired) electrons. The number of benzene rings is 3. The zero-order chi connectivity index (χ0) is 23.6. The molecule has 5 nitrogen and oxygen atoms in total. The maximum Gasteiger partial charge on any atom is 0.329 e. The zero-order valence-electron chi connectivity index (χ0n) is 18.9. The summed E-state index contributed by atoms with van der Waals surface area (Å²) < 4.78 is 5.30. The number of rotatable bonds is 2. The second-order valence-corrected chi connectivity index (χ2v) is 9.20. The first-order chi connectivity index (χ1) is 16.5. The molecule has 2 aliphatic heterocycles. The van der Waals surface area contributed by atoms with Gasteiger partial charge in [-0.1, -0.05) is 84.4 Å². The van der Waals surface area contributed by atoms with E-state index in [1.54, 1.807) is 24.3 Å². The quantitative estimate of drug-likeness (QED) is 0.423. The molecule has 34 heavy (non-hydrogen) atoms. The van der Waals surface area contributed by atoms with Crippen LogP contribution in [0.15, 0.2) is 78.9 Å². The highest BCUT2D eigenvalue weighted by Gasteiger charge is 2.71. The lowest BCUT2D eigenvalue weighted by molar-refractivity contribution is -0.142. The van der Waals surface area contributed by atoms with Gasteiger partial charge in [-0.15, -0.1) is 0 Å². The van der Waals surface area contributed by atoms with Crippen molar-refractivity contribution in [2.24, 2.45) is 5.41 Å². The lowest BCUT2D eigenvalue weighted by atomic mass is 9.64. The molecule has 0 N–H and O–H groups in total. The van der Waals surface area contributed by atoms with E-state index in [1.165, 1.54) is 7.11 Å². The van der Waals surface area contributed by atoms with Crippen molar-refractivity contribution in [1.29, 1.82) is 0 Å². The summed E-state index contributed by atoms with van der Waals surface area (Å²) in [5, 5.41) is 0. The van der Waals surface area contributed by atoms with E-state index in [9.17, 15) is 14.4 Å². The zero-order valence-corrected chi connectivity index (χ0v) is 18.9. The molecule has 1 saturated heterocycles. The van der Waals surface area contributed by atoms with Crippen LogP contribution in [0.2, 0.25) is 0 Å². The van der Waals surface area contributed by atoms with E-state index < -0.39 is 29.4 Å². The number of esters is 1. The topological polar surface area (TPSA) is 63.7 Å². The summed E-state index contributed by atoms with van der Waals surface area (Å²) in [6.07, 6.45) is 3.86. The van der Waals surface area contributed by atoms with Crippen molar-refractivity contribution in [3.8, 4) is 0 Å². The summed E-state index contributed by atoms with van der Waals surface area (Å²) in [7, 11) is 1.35. The number of Topliss-reactive ketones (excluding diaryl/α,β-unsaturated/α-hetero) is 2. The SMILES string of the molecule is COC(=O)[C@H]1[C@H](c2ccc(C)cc2)C2(C(=O)c3ccccc3C2=O)C2C=Cc3ccccc3N21. The molecule has 1 spiro atoms. The van der Waals surface area contributed by atoms with E-state index in [0.29, 0.717) is 11.1 Å². The molecule has 3 aromatic rings. The molecular formula is C29H23NO4. The Labute approximate surface area is 197 Å². The highest BCUT2D eigenvalue weighted by atomic mass is 16.5. The Morgan fingerprint density at radius 1 is 0.882 bits per heavy atom. The van der Waals surface area contributed by atoms with Gasteiger partial charge in [-0.3, -0.25) is 9.59 Å². The number of methoxy groups -OCH3 is 1. The molecule has 3 aliphatic rings. The first-order valence-electron chi connectivity index (χ1n) is 11.4. The molecule has 1 unspecified atom stereocenters. The Bertz CT molecular complexity index is 1350. The lowest BCUT2D eigenvalue weighted by Crippen LogP contribution is -2.48. The van der Waals surface area contributed by atoms with E-state index in [1.807, 2.05) is 72.5 Å². The van der Waals surface area contributed by atoms with Crippen molar-refractivity contribution in [2.75, 3.05) is 12.0 Å². The number of hydrogen-bond donors (Lipinski definition) is 0. The fraction of sp³-hybridized carbons (Fsp3) is 0.207. The van der Waals surface area contributed by atoms with Crippen LogP contribution in [0.1, 0.15) is 43.3 Å². The number of fused-ring (bicyclic) bond motifs is 5. The highest BCUT2D eigenvalue weighted by molar-refractivity contribution is 6.32. The van der Waals surface area contributed by atoms with Gasteiger partial charge in [-0.2, -0.15) is 0 Å². The number of anilines is 1. The second-order valence-electron chi connectivity index (χ2n) is 9.20. The predicted octanol–water partition coefficient (Wildman–Crippen LogP) is 4.60. The van der Waals surface area contributed by atoms with E-state index in [4.69, 9.17) is 4.74 Å². The first-order valence-corrected chi connectivity index (χ1v) is 11.4. The van der Waals surface area contributed by atoms with E-state index in [2.05, 4.69) is 0 Å². The molecule has 3 atom stereocenters. The summed E-state index contributed by atoms with van der Waals surface area (Å²) in [4.78, 5) is 43.9. The summed E-state index contributed by atoms with van der Waals surface area (Å²) in [5.41, 5.74) is 2.95. The average Bonchev–Trinajstić information content (AvgIpc) is 3.31. The van der Waals surface area contributed by atoms with Crippen molar-refractivity contribution >= 4 is 29.3 Å². The number of aryl methyl sites for hydroxylation is 1. The summed E-state index contributed by atoms with van der Waals surface area (Å²) >= 11 is 0. The Hall–Kier alpha value is -3.99. The molecule has 3 aromatic carbocycles. The van der Waals surface area contributed by atoms with Crippen LogP contribution in [0, 0.1) is 12.3 Å². The number of hydrogen-bond acceptors (Lipinski definition) is 5. The smallest absolute Gasteiger partial charge is 0.329 e. The minimum Gasteiger partial charge on any atom is -0.467 e. The van der Waals surface area contributed by atoms with Gasteiger partial charge in [-0.25, -0.2) is 4.79 Å². The van der Waals surface area contributed by atoms with Gasteiger partial charge in [0.2, 0.25) is 0 Å². The van der Waals surface area contributed by atoms with Crippen LogP contribution in [0.25, 0.3) is 6.08 Å². The predicted molar refractivity (Wildman–Crippen MR) is 129 cm³/mol. The molecule has 0 saturated carbocycles. The van der Waals surface area contributed by atoms with Crippen molar-refractivity contribution in [2.45, 2.75) is 24.9 Å². The number of para-hydroxylation sites is 1. The lowest BCUT2D eigenvalue weighted by Gasteiger charge is -2.36. The average molecular weight is 450 g/mol. The summed E-state index contributed by atoms with van der Waals surface area (Å²) in [6, 6.07) is 21.0. The van der Waals surface area contributed by atoms with Crippen molar-refractivity contribution in [1.82, 2.24) is 0 Å². The van der Waals surface area contributed by atoms with Crippen LogP contribution in [0.5, 0.6) is 0 Å². The Kier molecular flexibility index (Phi) is 4.40.